The van der Waals surface area contributed by atoms with Crippen molar-refractivity contribution in [1.29, 1.82) is 0 Å². The van der Waals surface area contributed by atoms with Crippen molar-refractivity contribution >= 4 is 28.3 Å². The number of hydrogen-bond donors (Lipinski definition) is 1. The van der Waals surface area contributed by atoms with Crippen LogP contribution in [0.4, 0.5) is 30.6 Å². The summed E-state index contributed by atoms with van der Waals surface area (Å²) in [5.41, 5.74) is 1.88. The smallest absolute Gasteiger partial charge is 0.318 e. The molecule has 3 heterocycles. The fourth-order valence-corrected chi connectivity index (χ4v) is 4.20. The predicted molar refractivity (Wildman–Crippen MR) is 122 cm³/mol. The summed E-state index contributed by atoms with van der Waals surface area (Å²) >= 11 is 0. The van der Waals surface area contributed by atoms with Crippen LogP contribution in [0.1, 0.15) is 30.5 Å². The highest BCUT2D eigenvalue weighted by Gasteiger charge is 2.22. The van der Waals surface area contributed by atoms with Gasteiger partial charge in [0.1, 0.15) is 5.82 Å². The molecule has 1 aliphatic rings. The molecule has 176 valence electrons. The average molecular weight is 469 g/mol. The lowest BCUT2D eigenvalue weighted by molar-refractivity contribution is 0.146. The van der Waals surface area contributed by atoms with Gasteiger partial charge in [-0.3, -0.25) is 0 Å². The molecule has 0 saturated carbocycles. The van der Waals surface area contributed by atoms with Gasteiger partial charge in [0, 0.05) is 42.8 Å². The molecule has 11 heteroatoms. The average Bonchev–Trinajstić information content (AvgIpc) is 3.39. The standard InChI is InChI=1S/C23H22F3N7O/c1-14(16-3-2-4-17(21(16)24)22(25)26)29-20-12-27-30-19-6-5-15(11-18(19)20)32-7-9-33(10-8-32)23-31-28-13-34-23/h2-6,11-14,22H,7-10H2,1H3,(H,29,30)/t14-/m1/s1. The van der Waals surface area contributed by atoms with Gasteiger partial charge >= 0.3 is 6.01 Å². The van der Waals surface area contributed by atoms with Crippen LogP contribution in [0.15, 0.2) is 53.4 Å². The van der Waals surface area contributed by atoms with Crippen LogP contribution in [-0.4, -0.2) is 46.6 Å². The maximum atomic E-state index is 14.7. The molecule has 1 fully saturated rings. The molecule has 4 aromatic rings. The maximum absolute atomic E-state index is 14.7. The van der Waals surface area contributed by atoms with E-state index in [1.54, 1.807) is 13.1 Å². The minimum atomic E-state index is -2.88. The van der Waals surface area contributed by atoms with E-state index in [1.165, 1.54) is 18.5 Å². The lowest BCUT2D eigenvalue weighted by Crippen LogP contribution is -2.46. The topological polar surface area (TPSA) is 83.2 Å². The molecule has 1 atom stereocenters. The van der Waals surface area contributed by atoms with E-state index in [-0.39, 0.29) is 5.56 Å². The third kappa shape index (κ3) is 4.20. The van der Waals surface area contributed by atoms with Crippen molar-refractivity contribution in [2.24, 2.45) is 0 Å². The van der Waals surface area contributed by atoms with Crippen molar-refractivity contribution in [3.63, 3.8) is 0 Å². The van der Waals surface area contributed by atoms with E-state index >= 15 is 0 Å². The van der Waals surface area contributed by atoms with E-state index in [9.17, 15) is 13.2 Å². The number of benzene rings is 2. The summed E-state index contributed by atoms with van der Waals surface area (Å²) in [5.74, 6) is -0.899. The molecule has 5 rings (SSSR count). The van der Waals surface area contributed by atoms with Crippen LogP contribution in [0.3, 0.4) is 0 Å². The third-order valence-electron chi connectivity index (χ3n) is 6.02. The second-order valence-electron chi connectivity index (χ2n) is 8.07. The highest BCUT2D eigenvalue weighted by Crippen LogP contribution is 2.32. The fraction of sp³-hybridized carbons (Fsp3) is 0.304. The first-order valence-corrected chi connectivity index (χ1v) is 10.9. The molecular weight excluding hydrogens is 447 g/mol. The number of hydrogen-bond acceptors (Lipinski definition) is 8. The number of anilines is 3. The summed E-state index contributed by atoms with van der Waals surface area (Å²) in [7, 11) is 0. The molecule has 0 radical (unpaired) electrons. The molecule has 0 bridgehead atoms. The largest absolute Gasteiger partial charge is 0.411 e. The van der Waals surface area contributed by atoms with Crippen LogP contribution >= 0.6 is 0 Å². The molecule has 2 aromatic heterocycles. The van der Waals surface area contributed by atoms with Gasteiger partial charge in [0.05, 0.1) is 29.0 Å². The van der Waals surface area contributed by atoms with Gasteiger partial charge in [-0.25, -0.2) is 13.2 Å². The fourth-order valence-electron chi connectivity index (χ4n) is 4.20. The predicted octanol–water partition coefficient (Wildman–Crippen LogP) is 4.59. The highest BCUT2D eigenvalue weighted by atomic mass is 19.3. The molecule has 8 nitrogen and oxygen atoms in total. The molecule has 0 unspecified atom stereocenters. The van der Waals surface area contributed by atoms with Gasteiger partial charge in [-0.05, 0) is 25.1 Å². The van der Waals surface area contributed by atoms with Crippen molar-refractivity contribution in [2.45, 2.75) is 19.4 Å². The quantitative estimate of drug-likeness (QED) is 0.439. The number of piperazine rings is 1. The van der Waals surface area contributed by atoms with Gasteiger partial charge in [-0.15, -0.1) is 5.10 Å². The Kier molecular flexibility index (Phi) is 5.91. The Morgan fingerprint density at radius 3 is 2.47 bits per heavy atom. The number of halogens is 3. The molecular formula is C23H22F3N7O. The van der Waals surface area contributed by atoms with Crippen LogP contribution in [0.2, 0.25) is 0 Å². The second kappa shape index (κ2) is 9.16. The number of nitrogens with one attached hydrogen (secondary N) is 1. The van der Waals surface area contributed by atoms with Crippen molar-refractivity contribution < 1.29 is 17.6 Å². The Bertz CT molecular complexity index is 1280. The van der Waals surface area contributed by atoms with Crippen LogP contribution in [0, 0.1) is 5.82 Å². The van der Waals surface area contributed by atoms with Crippen molar-refractivity contribution in [1.82, 2.24) is 20.4 Å². The summed E-state index contributed by atoms with van der Waals surface area (Å²) in [6.07, 6.45) is 0.000738. The van der Waals surface area contributed by atoms with Crippen molar-refractivity contribution in [3.05, 3.63) is 65.9 Å². The minimum absolute atomic E-state index is 0.163. The summed E-state index contributed by atoms with van der Waals surface area (Å²) in [5, 5.41) is 20.0. The van der Waals surface area contributed by atoms with Gasteiger partial charge < -0.3 is 19.5 Å². The molecule has 34 heavy (non-hydrogen) atoms. The molecule has 1 N–H and O–H groups in total. The number of aromatic nitrogens is 4. The van der Waals surface area contributed by atoms with Crippen molar-refractivity contribution in [3.8, 4) is 0 Å². The van der Waals surface area contributed by atoms with Crippen LogP contribution in [0.25, 0.3) is 10.9 Å². The first-order valence-electron chi connectivity index (χ1n) is 10.9. The number of rotatable bonds is 6. The number of nitrogens with zero attached hydrogens (tertiary/aromatic N) is 6. The summed E-state index contributed by atoms with van der Waals surface area (Å²) in [6, 6.07) is 9.87. The normalized spacial score (nSPS) is 15.2. The zero-order chi connectivity index (χ0) is 23.7. The Labute approximate surface area is 193 Å². The first kappa shape index (κ1) is 21.9. The number of alkyl halides is 2. The first-order chi connectivity index (χ1) is 16.5. The lowest BCUT2D eigenvalue weighted by Gasteiger charge is -2.35. The van der Waals surface area contributed by atoms with E-state index in [4.69, 9.17) is 4.42 Å². The van der Waals surface area contributed by atoms with Gasteiger partial charge in [0.25, 0.3) is 6.43 Å². The third-order valence-corrected chi connectivity index (χ3v) is 6.02. The Hall–Kier alpha value is -3.89. The number of fused-ring (bicyclic) bond motifs is 1. The monoisotopic (exact) mass is 469 g/mol. The lowest BCUT2D eigenvalue weighted by atomic mass is 10.0. The van der Waals surface area contributed by atoms with E-state index in [0.29, 0.717) is 17.2 Å². The molecule has 0 spiro atoms. The zero-order valence-corrected chi connectivity index (χ0v) is 18.3. The summed E-state index contributed by atoms with van der Waals surface area (Å²) < 4.78 is 46.2. The molecule has 1 aliphatic heterocycles. The van der Waals surface area contributed by atoms with Crippen molar-refractivity contribution in [2.75, 3.05) is 41.3 Å². The second-order valence-corrected chi connectivity index (χ2v) is 8.07. The highest BCUT2D eigenvalue weighted by molar-refractivity contribution is 5.93. The SMILES string of the molecule is C[C@@H](Nc1cnnc2ccc(N3CCN(c4nnco4)CC3)cc12)c1cccc(C(F)F)c1F. The van der Waals surface area contributed by atoms with Gasteiger partial charge in [-0.2, -0.15) is 10.2 Å². The molecule has 2 aromatic carbocycles. The molecule has 0 aliphatic carbocycles. The Balaban J connectivity index is 1.38. The van der Waals surface area contributed by atoms with E-state index < -0.39 is 23.8 Å². The summed E-state index contributed by atoms with van der Waals surface area (Å²) in [4.78, 5) is 4.28. The Morgan fingerprint density at radius 1 is 0.971 bits per heavy atom. The zero-order valence-electron chi connectivity index (χ0n) is 18.3. The van der Waals surface area contributed by atoms with E-state index in [0.717, 1.165) is 43.3 Å². The maximum Gasteiger partial charge on any atom is 0.318 e. The van der Waals surface area contributed by atoms with Crippen LogP contribution < -0.4 is 15.1 Å². The van der Waals surface area contributed by atoms with E-state index in [1.807, 2.05) is 23.1 Å². The van der Waals surface area contributed by atoms with E-state index in [2.05, 4.69) is 30.6 Å². The van der Waals surface area contributed by atoms with Gasteiger partial charge in [0.2, 0.25) is 6.39 Å². The molecule has 1 saturated heterocycles. The summed E-state index contributed by atoms with van der Waals surface area (Å²) in [6.45, 7) is 4.71. The van der Waals surface area contributed by atoms with Crippen LogP contribution in [-0.2, 0) is 0 Å². The van der Waals surface area contributed by atoms with Gasteiger partial charge in [-0.1, -0.05) is 23.3 Å². The Morgan fingerprint density at radius 2 is 1.74 bits per heavy atom. The van der Waals surface area contributed by atoms with Gasteiger partial charge in [0.15, 0.2) is 0 Å². The molecule has 0 amide bonds. The minimum Gasteiger partial charge on any atom is -0.411 e. The van der Waals surface area contributed by atoms with Crippen LogP contribution in [0.5, 0.6) is 0 Å².